The average molecular weight is 612 g/mol. The number of anilines is 1. The Bertz CT molecular complexity index is 1480. The zero-order valence-electron chi connectivity index (χ0n) is 24.3. The van der Waals surface area contributed by atoms with E-state index in [1.165, 1.54) is 30.2 Å². The summed E-state index contributed by atoms with van der Waals surface area (Å²) in [6, 6.07) is 19.7. The van der Waals surface area contributed by atoms with Crippen LogP contribution in [0.5, 0.6) is 5.75 Å². The third-order valence-corrected chi connectivity index (χ3v) is 9.68. The van der Waals surface area contributed by atoms with Crippen LogP contribution in [0.25, 0.3) is 0 Å². The van der Waals surface area contributed by atoms with Crippen molar-refractivity contribution < 1.29 is 22.7 Å². The van der Waals surface area contributed by atoms with E-state index in [-0.39, 0.29) is 34.1 Å². The molecule has 224 valence electrons. The molecule has 3 aromatic carbocycles. The van der Waals surface area contributed by atoms with E-state index in [0.29, 0.717) is 12.2 Å². The third-order valence-electron chi connectivity index (χ3n) is 7.59. The van der Waals surface area contributed by atoms with Crippen molar-refractivity contribution in [3.05, 3.63) is 88.9 Å². The third kappa shape index (κ3) is 7.44. The fourth-order valence-corrected chi connectivity index (χ4v) is 6.90. The molecule has 0 aliphatic heterocycles. The molecule has 3 aromatic rings. The van der Waals surface area contributed by atoms with Crippen molar-refractivity contribution in [1.82, 2.24) is 10.2 Å². The monoisotopic (exact) mass is 611 g/mol. The van der Waals surface area contributed by atoms with Gasteiger partial charge in [0.25, 0.3) is 10.0 Å². The Morgan fingerprint density at radius 3 is 2.29 bits per heavy atom. The zero-order valence-corrected chi connectivity index (χ0v) is 25.8. The van der Waals surface area contributed by atoms with Crippen LogP contribution in [0, 0.1) is 6.92 Å². The molecule has 42 heavy (non-hydrogen) atoms. The molecule has 0 bridgehead atoms. The average Bonchev–Trinajstić information content (AvgIpc) is 3.49. The maximum Gasteiger partial charge on any atom is 0.264 e. The van der Waals surface area contributed by atoms with E-state index in [2.05, 4.69) is 5.32 Å². The van der Waals surface area contributed by atoms with Gasteiger partial charge in [0.15, 0.2) is 0 Å². The molecule has 0 saturated heterocycles. The Labute approximate surface area is 253 Å². The fraction of sp³-hybridized carbons (Fsp3) is 0.375. The summed E-state index contributed by atoms with van der Waals surface area (Å²) in [5, 5.41) is 3.33. The summed E-state index contributed by atoms with van der Waals surface area (Å²) < 4.78 is 34.4. The molecule has 1 fully saturated rings. The van der Waals surface area contributed by atoms with Crippen molar-refractivity contribution in [2.45, 2.75) is 69.5 Å². The van der Waals surface area contributed by atoms with Crippen molar-refractivity contribution in [2.24, 2.45) is 0 Å². The van der Waals surface area contributed by atoms with Gasteiger partial charge in [-0.3, -0.25) is 13.9 Å². The van der Waals surface area contributed by atoms with E-state index in [1.54, 1.807) is 24.3 Å². The van der Waals surface area contributed by atoms with Crippen LogP contribution in [0.1, 0.15) is 50.2 Å². The largest absolute Gasteiger partial charge is 0.495 e. The van der Waals surface area contributed by atoms with E-state index < -0.39 is 28.5 Å². The Kier molecular flexibility index (Phi) is 10.5. The first-order chi connectivity index (χ1) is 20.1. The van der Waals surface area contributed by atoms with Crippen molar-refractivity contribution >= 4 is 39.1 Å². The number of sulfonamides is 1. The SMILES string of the molecule is CC[C@@H](C(=O)NC1CCCC1)N(Cc1ccccc1)C(=O)CN(c1ccc(OC)c(Cl)c1)S(=O)(=O)c1ccc(C)cc1. The number of ether oxygens (including phenoxy) is 1. The smallest absolute Gasteiger partial charge is 0.264 e. The fourth-order valence-electron chi connectivity index (χ4n) is 5.24. The summed E-state index contributed by atoms with van der Waals surface area (Å²) in [5.41, 5.74) is 1.94. The second-order valence-electron chi connectivity index (χ2n) is 10.6. The van der Waals surface area contributed by atoms with Crippen LogP contribution in [-0.4, -0.2) is 50.9 Å². The van der Waals surface area contributed by atoms with Gasteiger partial charge in [0.1, 0.15) is 18.3 Å². The Morgan fingerprint density at radius 1 is 1.02 bits per heavy atom. The molecule has 1 atom stereocenters. The zero-order chi connectivity index (χ0) is 30.3. The number of nitrogens with zero attached hydrogens (tertiary/aromatic N) is 2. The minimum Gasteiger partial charge on any atom is -0.495 e. The lowest BCUT2D eigenvalue weighted by Crippen LogP contribution is -2.53. The highest BCUT2D eigenvalue weighted by Crippen LogP contribution is 2.32. The number of hydrogen-bond donors (Lipinski definition) is 1. The summed E-state index contributed by atoms with van der Waals surface area (Å²) in [4.78, 5) is 29.2. The topological polar surface area (TPSA) is 96.0 Å². The van der Waals surface area contributed by atoms with E-state index in [1.807, 2.05) is 44.2 Å². The standard InChI is InChI=1S/C32H38ClN3O5S/c1-4-29(32(38)34-25-12-8-9-13-25)35(21-24-10-6-5-7-11-24)31(37)22-36(26-16-19-30(41-3)28(33)20-26)42(39,40)27-17-14-23(2)15-18-27/h5-7,10-11,14-20,25,29H,4,8-9,12-13,21-22H2,1-3H3,(H,34,38)/t29-/m0/s1. The number of carbonyl (C=O) groups is 2. The Hall–Kier alpha value is -3.56. The van der Waals surface area contributed by atoms with Crippen LogP contribution in [0.15, 0.2) is 77.7 Å². The Balaban J connectivity index is 1.73. The maximum absolute atomic E-state index is 14.2. The first kappa shape index (κ1) is 31.4. The van der Waals surface area contributed by atoms with Gasteiger partial charge in [-0.2, -0.15) is 0 Å². The molecule has 8 nitrogen and oxygen atoms in total. The van der Waals surface area contributed by atoms with Gasteiger partial charge in [0, 0.05) is 12.6 Å². The summed E-state index contributed by atoms with van der Waals surface area (Å²) in [5.74, 6) is -0.358. The van der Waals surface area contributed by atoms with E-state index >= 15 is 0 Å². The summed E-state index contributed by atoms with van der Waals surface area (Å²) >= 11 is 6.40. The molecule has 1 aliphatic rings. The highest BCUT2D eigenvalue weighted by atomic mass is 35.5. The van der Waals surface area contributed by atoms with E-state index in [0.717, 1.165) is 41.1 Å². The summed E-state index contributed by atoms with van der Waals surface area (Å²) in [7, 11) is -2.73. The first-order valence-corrected chi connectivity index (χ1v) is 16.0. The van der Waals surface area contributed by atoms with Gasteiger partial charge in [0.05, 0.1) is 22.7 Å². The van der Waals surface area contributed by atoms with Gasteiger partial charge < -0.3 is 15.0 Å². The predicted molar refractivity (Wildman–Crippen MR) is 165 cm³/mol. The van der Waals surface area contributed by atoms with Crippen molar-refractivity contribution in [3.8, 4) is 5.75 Å². The van der Waals surface area contributed by atoms with Crippen LogP contribution in [0.3, 0.4) is 0 Å². The molecule has 0 radical (unpaired) electrons. The predicted octanol–water partition coefficient (Wildman–Crippen LogP) is 5.72. The molecule has 0 aromatic heterocycles. The van der Waals surface area contributed by atoms with Crippen LogP contribution >= 0.6 is 11.6 Å². The molecule has 10 heteroatoms. The number of methoxy groups -OCH3 is 1. The lowest BCUT2D eigenvalue weighted by atomic mass is 10.1. The second-order valence-corrected chi connectivity index (χ2v) is 12.8. The summed E-state index contributed by atoms with van der Waals surface area (Å²) in [6.45, 7) is 3.34. The highest BCUT2D eigenvalue weighted by Gasteiger charge is 2.34. The quantitative estimate of drug-likeness (QED) is 0.283. The minimum atomic E-state index is -4.19. The van der Waals surface area contributed by atoms with Gasteiger partial charge in [-0.25, -0.2) is 8.42 Å². The van der Waals surface area contributed by atoms with Gasteiger partial charge in [-0.15, -0.1) is 0 Å². The van der Waals surface area contributed by atoms with Crippen molar-refractivity contribution in [2.75, 3.05) is 18.0 Å². The van der Waals surface area contributed by atoms with Crippen LogP contribution in [0.4, 0.5) is 5.69 Å². The van der Waals surface area contributed by atoms with Crippen LogP contribution < -0.4 is 14.4 Å². The molecule has 2 amide bonds. The number of benzene rings is 3. The molecular weight excluding hydrogens is 574 g/mol. The molecule has 1 N–H and O–H groups in total. The lowest BCUT2D eigenvalue weighted by Gasteiger charge is -2.34. The van der Waals surface area contributed by atoms with Crippen LogP contribution in [-0.2, 0) is 26.2 Å². The molecule has 4 rings (SSSR count). The van der Waals surface area contributed by atoms with Crippen molar-refractivity contribution in [3.63, 3.8) is 0 Å². The number of halogens is 1. The second kappa shape index (κ2) is 14.1. The number of amides is 2. The number of nitrogens with one attached hydrogen (secondary N) is 1. The van der Waals surface area contributed by atoms with Gasteiger partial charge in [-0.1, -0.05) is 79.4 Å². The molecule has 0 unspecified atom stereocenters. The van der Waals surface area contributed by atoms with E-state index in [4.69, 9.17) is 16.3 Å². The maximum atomic E-state index is 14.2. The van der Waals surface area contributed by atoms with Crippen molar-refractivity contribution in [1.29, 1.82) is 0 Å². The van der Waals surface area contributed by atoms with Crippen LogP contribution in [0.2, 0.25) is 5.02 Å². The molecule has 0 spiro atoms. The molecule has 1 saturated carbocycles. The molecular formula is C32H38ClN3O5S. The summed E-state index contributed by atoms with van der Waals surface area (Å²) in [6.07, 6.45) is 4.32. The Morgan fingerprint density at radius 2 is 1.69 bits per heavy atom. The number of hydrogen-bond acceptors (Lipinski definition) is 5. The lowest BCUT2D eigenvalue weighted by molar-refractivity contribution is -0.140. The highest BCUT2D eigenvalue weighted by molar-refractivity contribution is 7.92. The van der Waals surface area contributed by atoms with Gasteiger partial charge in [-0.05, 0) is 62.1 Å². The van der Waals surface area contributed by atoms with E-state index in [9.17, 15) is 18.0 Å². The number of carbonyl (C=O) groups excluding carboxylic acids is 2. The first-order valence-electron chi connectivity index (χ1n) is 14.2. The minimum absolute atomic E-state index is 0.0356. The number of rotatable bonds is 12. The number of aryl methyl sites for hydroxylation is 1. The normalized spacial score (nSPS) is 14.3. The van der Waals surface area contributed by atoms with Gasteiger partial charge in [0.2, 0.25) is 11.8 Å². The van der Waals surface area contributed by atoms with Gasteiger partial charge >= 0.3 is 0 Å². The molecule has 0 heterocycles. The molecule has 1 aliphatic carbocycles.